The van der Waals surface area contributed by atoms with Crippen LogP contribution in [-0.2, 0) is 4.43 Å². The maximum atomic E-state index is 13.9. The van der Waals surface area contributed by atoms with Gasteiger partial charge in [-0.1, -0.05) is 62.8 Å². The molecule has 0 bridgehead atoms. The number of methoxy groups -OCH3 is 1. The van der Waals surface area contributed by atoms with E-state index in [0.29, 0.717) is 11.1 Å². The molecule has 3 nitrogen and oxygen atoms in total. The van der Waals surface area contributed by atoms with Crippen molar-refractivity contribution in [2.24, 2.45) is 4.99 Å². The van der Waals surface area contributed by atoms with Gasteiger partial charge in [-0.15, -0.1) is 0 Å². The highest BCUT2D eigenvalue weighted by Gasteiger charge is 2.57. The Morgan fingerprint density at radius 2 is 1.35 bits per heavy atom. The number of fused-ring (bicyclic) bond motifs is 1. The van der Waals surface area contributed by atoms with Gasteiger partial charge < -0.3 is 9.16 Å². The lowest BCUT2D eigenvalue weighted by atomic mass is 9.99. The summed E-state index contributed by atoms with van der Waals surface area (Å²) in [5, 5.41) is 1.36. The molecule has 2 saturated carbocycles. The van der Waals surface area contributed by atoms with E-state index in [1.54, 1.807) is 19.2 Å². The number of hydrogen-bond donors (Lipinski definition) is 0. The first-order valence-corrected chi connectivity index (χ1v) is 16.1. The van der Waals surface area contributed by atoms with E-state index < -0.39 is 8.32 Å². The molecule has 0 unspecified atom stereocenters. The standard InChI is InChI=1S/C32H36FNO2Si/c1-35-26-21-17-24(18-22-26)32-34-30-14-8-13-29(23-15-19-25(33)20-16-23)31(30)37(36-32,27-9-4-2-5-10-27)28-11-6-3-7-12-28/h8,13-22,27-28H,2-7,9-12H2,1H3. The van der Waals surface area contributed by atoms with Crippen molar-refractivity contribution in [1.29, 1.82) is 0 Å². The van der Waals surface area contributed by atoms with Gasteiger partial charge in [-0.05, 0) is 90.4 Å². The van der Waals surface area contributed by atoms with Crippen LogP contribution in [0, 0.1) is 5.82 Å². The van der Waals surface area contributed by atoms with Gasteiger partial charge >= 0.3 is 0 Å². The second kappa shape index (κ2) is 10.4. The number of benzene rings is 3. The van der Waals surface area contributed by atoms with Crippen LogP contribution in [0.25, 0.3) is 11.1 Å². The summed E-state index contributed by atoms with van der Waals surface area (Å²) < 4.78 is 26.8. The number of aliphatic imine (C=N–C) groups is 1. The van der Waals surface area contributed by atoms with Gasteiger partial charge in [-0.25, -0.2) is 9.38 Å². The molecule has 0 radical (unpaired) electrons. The maximum absolute atomic E-state index is 13.9. The Hall–Kier alpha value is -2.92. The normalized spacial score (nSPS) is 20.0. The number of halogens is 1. The molecule has 0 aromatic heterocycles. The Balaban J connectivity index is 1.59. The molecule has 2 fully saturated rings. The fraction of sp³-hybridized carbons (Fsp3) is 0.406. The van der Waals surface area contributed by atoms with Gasteiger partial charge in [0.05, 0.1) is 12.8 Å². The van der Waals surface area contributed by atoms with Crippen LogP contribution in [0.5, 0.6) is 5.75 Å². The van der Waals surface area contributed by atoms with Crippen molar-refractivity contribution in [3.63, 3.8) is 0 Å². The first-order valence-electron chi connectivity index (χ1n) is 14.0. The predicted octanol–water partition coefficient (Wildman–Crippen LogP) is 8.43. The summed E-state index contributed by atoms with van der Waals surface area (Å²) in [5.74, 6) is 1.41. The lowest BCUT2D eigenvalue weighted by Gasteiger charge is -2.49. The van der Waals surface area contributed by atoms with Crippen molar-refractivity contribution in [2.75, 3.05) is 7.11 Å². The minimum atomic E-state index is -2.57. The molecule has 1 aliphatic heterocycles. The van der Waals surface area contributed by atoms with Gasteiger partial charge in [0, 0.05) is 10.8 Å². The largest absolute Gasteiger partial charge is 0.525 e. The van der Waals surface area contributed by atoms with E-state index >= 15 is 0 Å². The minimum Gasteiger partial charge on any atom is -0.525 e. The number of rotatable bonds is 5. The Labute approximate surface area is 220 Å². The molecule has 192 valence electrons. The first kappa shape index (κ1) is 24.4. The predicted molar refractivity (Wildman–Crippen MR) is 151 cm³/mol. The Bertz CT molecular complexity index is 1240. The van der Waals surface area contributed by atoms with Crippen LogP contribution >= 0.6 is 0 Å². The van der Waals surface area contributed by atoms with Crippen LogP contribution in [0.2, 0.25) is 11.1 Å². The Morgan fingerprint density at radius 3 is 1.95 bits per heavy atom. The van der Waals surface area contributed by atoms with E-state index in [9.17, 15) is 4.39 Å². The third-order valence-electron chi connectivity index (χ3n) is 8.84. The SMILES string of the molecule is COc1ccc(C2=Nc3cccc(-c4ccc(F)cc4)c3[Si](C3CCCCC3)(C3CCCCC3)O2)cc1. The molecule has 3 aliphatic rings. The second-order valence-electron chi connectivity index (χ2n) is 10.9. The molecular formula is C32H36FNO2Si. The van der Waals surface area contributed by atoms with E-state index in [2.05, 4.69) is 30.3 Å². The van der Waals surface area contributed by atoms with Crippen LogP contribution in [0.15, 0.2) is 71.7 Å². The zero-order chi connectivity index (χ0) is 25.2. The molecule has 0 amide bonds. The number of nitrogens with zero attached hydrogens (tertiary/aromatic N) is 1. The van der Waals surface area contributed by atoms with Crippen LogP contribution in [-0.4, -0.2) is 21.3 Å². The fourth-order valence-corrected chi connectivity index (χ4v) is 13.2. The monoisotopic (exact) mass is 513 g/mol. The molecule has 1 heterocycles. The topological polar surface area (TPSA) is 30.8 Å². The molecule has 3 aromatic rings. The molecule has 0 spiro atoms. The summed E-state index contributed by atoms with van der Waals surface area (Å²) in [7, 11) is -0.871. The quantitative estimate of drug-likeness (QED) is 0.321. The van der Waals surface area contributed by atoms with E-state index in [0.717, 1.165) is 28.5 Å². The molecule has 5 heteroatoms. The summed E-state index contributed by atoms with van der Waals surface area (Å²) in [6, 6.07) is 21.7. The second-order valence-corrected chi connectivity index (χ2v) is 14.8. The van der Waals surface area contributed by atoms with Crippen LogP contribution in [0.3, 0.4) is 0 Å². The van der Waals surface area contributed by atoms with Crippen molar-refractivity contribution in [2.45, 2.75) is 75.3 Å². The number of hydrogen-bond acceptors (Lipinski definition) is 3. The summed E-state index contributed by atoms with van der Waals surface area (Å²) in [6.45, 7) is 0. The molecule has 0 saturated heterocycles. The maximum Gasteiger partial charge on any atom is 0.293 e. The van der Waals surface area contributed by atoms with Gasteiger partial charge in [-0.3, -0.25) is 0 Å². The van der Waals surface area contributed by atoms with Gasteiger partial charge in [0.2, 0.25) is 5.90 Å². The summed E-state index contributed by atoms with van der Waals surface area (Å²) in [4.78, 5) is 5.17. The van der Waals surface area contributed by atoms with E-state index in [4.69, 9.17) is 14.2 Å². The smallest absolute Gasteiger partial charge is 0.293 e. The average Bonchev–Trinajstić information content (AvgIpc) is 2.97. The average molecular weight is 514 g/mol. The Morgan fingerprint density at radius 1 is 0.757 bits per heavy atom. The third-order valence-corrected chi connectivity index (χ3v) is 14.3. The highest BCUT2D eigenvalue weighted by Crippen LogP contribution is 2.52. The van der Waals surface area contributed by atoms with E-state index in [-0.39, 0.29) is 5.82 Å². The van der Waals surface area contributed by atoms with Crippen LogP contribution < -0.4 is 9.92 Å². The van der Waals surface area contributed by atoms with Gasteiger partial charge in [0.15, 0.2) is 0 Å². The van der Waals surface area contributed by atoms with Gasteiger partial charge in [-0.2, -0.15) is 0 Å². The molecule has 2 aliphatic carbocycles. The highest BCUT2D eigenvalue weighted by molar-refractivity contribution is 6.92. The molecule has 37 heavy (non-hydrogen) atoms. The third kappa shape index (κ3) is 4.52. The molecule has 0 atom stereocenters. The summed E-state index contributed by atoms with van der Waals surface area (Å²) in [5.41, 5.74) is 5.46. The first-order chi connectivity index (χ1) is 18.2. The molecule has 6 rings (SSSR count). The van der Waals surface area contributed by atoms with Gasteiger partial charge in [0.25, 0.3) is 8.32 Å². The van der Waals surface area contributed by atoms with Crippen molar-refractivity contribution < 1.29 is 13.6 Å². The van der Waals surface area contributed by atoms with Crippen molar-refractivity contribution >= 4 is 25.1 Å². The van der Waals surface area contributed by atoms with Crippen molar-refractivity contribution in [3.05, 3.63) is 78.1 Å². The van der Waals surface area contributed by atoms with E-state index in [1.165, 1.54) is 75.0 Å². The zero-order valence-electron chi connectivity index (χ0n) is 21.7. The zero-order valence-corrected chi connectivity index (χ0v) is 22.7. The van der Waals surface area contributed by atoms with Crippen LogP contribution in [0.1, 0.15) is 69.8 Å². The van der Waals surface area contributed by atoms with Crippen molar-refractivity contribution in [1.82, 2.24) is 0 Å². The fourth-order valence-electron chi connectivity index (χ4n) is 7.09. The summed E-state index contributed by atoms with van der Waals surface area (Å²) in [6.07, 6.45) is 12.7. The van der Waals surface area contributed by atoms with Crippen molar-refractivity contribution in [3.8, 4) is 16.9 Å². The van der Waals surface area contributed by atoms with Crippen LogP contribution in [0.4, 0.5) is 10.1 Å². The number of ether oxygens (including phenoxy) is 1. The molecule has 0 N–H and O–H groups in total. The summed E-state index contributed by atoms with van der Waals surface area (Å²) >= 11 is 0. The lowest BCUT2D eigenvalue weighted by molar-refractivity contribution is 0.388. The molecular weight excluding hydrogens is 477 g/mol. The highest BCUT2D eigenvalue weighted by atomic mass is 28.4. The van der Waals surface area contributed by atoms with E-state index in [1.807, 2.05) is 24.3 Å². The Kier molecular flexibility index (Phi) is 6.89. The van der Waals surface area contributed by atoms with Gasteiger partial charge in [0.1, 0.15) is 11.6 Å². The lowest BCUT2D eigenvalue weighted by Crippen LogP contribution is -2.62. The minimum absolute atomic E-state index is 0.201. The molecule has 3 aromatic carbocycles.